The second kappa shape index (κ2) is 8.90. The van der Waals surface area contributed by atoms with Crippen molar-refractivity contribution < 1.29 is 18.9 Å². The molecule has 0 amide bonds. The summed E-state index contributed by atoms with van der Waals surface area (Å²) in [5.74, 6) is 1.82. The maximum Gasteiger partial charge on any atom is 0.197 e. The molecular weight excluding hydrogens is 268 g/mol. The third kappa shape index (κ3) is 5.21. The van der Waals surface area contributed by atoms with Crippen LogP contribution in [-0.4, -0.2) is 26.3 Å². The summed E-state index contributed by atoms with van der Waals surface area (Å²) in [6, 6.07) is 5.96. The molecule has 3 atom stereocenters. The number of ether oxygens (including phenoxy) is 4. The van der Waals surface area contributed by atoms with E-state index in [2.05, 4.69) is 19.9 Å². The Bertz CT molecular complexity index is 419. The summed E-state index contributed by atoms with van der Waals surface area (Å²) in [5.41, 5.74) is 1.13. The van der Waals surface area contributed by atoms with Crippen LogP contribution in [0.1, 0.15) is 52.5 Å². The molecule has 0 fully saturated rings. The van der Waals surface area contributed by atoms with Gasteiger partial charge in [-0.1, -0.05) is 26.0 Å². The zero-order valence-corrected chi connectivity index (χ0v) is 14.0. The van der Waals surface area contributed by atoms with Crippen LogP contribution in [0, 0.1) is 0 Å². The summed E-state index contributed by atoms with van der Waals surface area (Å²) in [6.07, 6.45) is 0.380. The lowest BCUT2D eigenvalue weighted by Crippen LogP contribution is -2.20. The van der Waals surface area contributed by atoms with E-state index < -0.39 is 0 Å². The molecule has 4 heteroatoms. The van der Waals surface area contributed by atoms with Crippen molar-refractivity contribution in [2.24, 2.45) is 0 Å². The minimum atomic E-state index is -0.332. The Labute approximate surface area is 128 Å². The molecule has 0 saturated carbocycles. The summed E-state index contributed by atoms with van der Waals surface area (Å²) < 4.78 is 22.5. The van der Waals surface area contributed by atoms with E-state index in [-0.39, 0.29) is 12.6 Å². The first kappa shape index (κ1) is 17.8. The van der Waals surface area contributed by atoms with E-state index in [1.807, 2.05) is 32.9 Å². The van der Waals surface area contributed by atoms with E-state index in [1.165, 1.54) is 0 Å². The molecule has 0 heterocycles. The van der Waals surface area contributed by atoms with E-state index in [0.717, 1.165) is 17.7 Å². The molecule has 120 valence electrons. The van der Waals surface area contributed by atoms with Crippen LogP contribution < -0.4 is 9.47 Å². The smallest absolute Gasteiger partial charge is 0.197 e. The lowest BCUT2D eigenvalue weighted by molar-refractivity contribution is -0.0702. The third-order valence-corrected chi connectivity index (χ3v) is 3.46. The highest BCUT2D eigenvalue weighted by atomic mass is 16.7. The Morgan fingerprint density at radius 1 is 1.00 bits per heavy atom. The monoisotopic (exact) mass is 296 g/mol. The van der Waals surface area contributed by atoms with E-state index in [9.17, 15) is 0 Å². The molecule has 0 aliphatic rings. The zero-order chi connectivity index (χ0) is 15.8. The molecule has 0 bridgehead atoms. The van der Waals surface area contributed by atoms with Crippen molar-refractivity contribution in [3.8, 4) is 11.5 Å². The molecule has 4 nitrogen and oxygen atoms in total. The molecule has 0 N–H and O–H groups in total. The summed E-state index contributed by atoms with van der Waals surface area (Å²) in [4.78, 5) is 0. The lowest BCUT2D eigenvalue weighted by Gasteiger charge is -2.23. The molecule has 0 aromatic heterocycles. The highest BCUT2D eigenvalue weighted by Gasteiger charge is 2.19. The molecule has 1 aromatic rings. The first-order valence-corrected chi connectivity index (χ1v) is 7.64. The van der Waals surface area contributed by atoms with Crippen molar-refractivity contribution in [3.05, 3.63) is 23.8 Å². The Morgan fingerprint density at radius 2 is 1.71 bits per heavy atom. The van der Waals surface area contributed by atoms with Crippen LogP contribution in [-0.2, 0) is 9.47 Å². The largest absolute Gasteiger partial charge is 0.461 e. The van der Waals surface area contributed by atoms with Gasteiger partial charge in [-0.3, -0.25) is 0 Å². The van der Waals surface area contributed by atoms with Crippen LogP contribution in [0.2, 0.25) is 0 Å². The second-order valence-corrected chi connectivity index (χ2v) is 5.05. The van der Waals surface area contributed by atoms with Crippen LogP contribution in [0.25, 0.3) is 0 Å². The fraction of sp³-hybridized carbons (Fsp3) is 0.647. The standard InChI is InChI=1S/C17H28O4/c1-7-12(3)15-10-9-11-16(20-13(4)18-6)17(15)21-14(5)19-8-2/h9-14H,7-8H2,1-6H3. The number of hydrogen-bond donors (Lipinski definition) is 0. The highest BCUT2D eigenvalue weighted by molar-refractivity contribution is 5.48. The molecule has 1 aromatic carbocycles. The van der Waals surface area contributed by atoms with Gasteiger partial charge in [0.1, 0.15) is 0 Å². The van der Waals surface area contributed by atoms with Gasteiger partial charge in [-0.15, -0.1) is 0 Å². The van der Waals surface area contributed by atoms with Gasteiger partial charge >= 0.3 is 0 Å². The van der Waals surface area contributed by atoms with E-state index >= 15 is 0 Å². The SMILES string of the molecule is CCOC(C)Oc1c(OC(C)OC)cccc1C(C)CC. The quantitative estimate of drug-likeness (QED) is 0.635. The van der Waals surface area contributed by atoms with Crippen LogP contribution in [0.3, 0.4) is 0 Å². The number of benzene rings is 1. The average molecular weight is 296 g/mol. The van der Waals surface area contributed by atoms with E-state index in [1.54, 1.807) is 7.11 Å². The molecule has 0 spiro atoms. The maximum absolute atomic E-state index is 5.98. The fourth-order valence-corrected chi connectivity index (χ4v) is 2.02. The van der Waals surface area contributed by atoms with Crippen molar-refractivity contribution in [1.29, 1.82) is 0 Å². The molecule has 1 rings (SSSR count). The van der Waals surface area contributed by atoms with Crippen LogP contribution in [0.15, 0.2) is 18.2 Å². The van der Waals surface area contributed by atoms with Crippen molar-refractivity contribution in [1.82, 2.24) is 0 Å². The third-order valence-electron chi connectivity index (χ3n) is 3.46. The van der Waals surface area contributed by atoms with Crippen LogP contribution in [0.4, 0.5) is 0 Å². The zero-order valence-electron chi connectivity index (χ0n) is 14.0. The average Bonchev–Trinajstić information content (AvgIpc) is 2.48. The van der Waals surface area contributed by atoms with Gasteiger partial charge in [0.25, 0.3) is 0 Å². The first-order valence-electron chi connectivity index (χ1n) is 7.64. The van der Waals surface area contributed by atoms with Gasteiger partial charge in [0.15, 0.2) is 24.1 Å². The predicted molar refractivity (Wildman–Crippen MR) is 84.0 cm³/mol. The molecule has 0 radical (unpaired) electrons. The topological polar surface area (TPSA) is 36.9 Å². The molecule has 21 heavy (non-hydrogen) atoms. The molecular formula is C17H28O4. The maximum atomic E-state index is 5.98. The Kier molecular flexibility index (Phi) is 7.54. The van der Waals surface area contributed by atoms with Gasteiger partial charge in [0, 0.05) is 19.3 Å². The van der Waals surface area contributed by atoms with Crippen molar-refractivity contribution >= 4 is 0 Å². The minimum absolute atomic E-state index is 0.319. The van der Waals surface area contributed by atoms with Gasteiger partial charge in [-0.2, -0.15) is 0 Å². The van der Waals surface area contributed by atoms with Gasteiger partial charge in [-0.25, -0.2) is 0 Å². The van der Waals surface area contributed by atoms with Gasteiger partial charge in [0.05, 0.1) is 0 Å². The van der Waals surface area contributed by atoms with Gasteiger partial charge in [-0.05, 0) is 39.2 Å². The first-order chi connectivity index (χ1) is 10.0. The fourth-order valence-electron chi connectivity index (χ4n) is 2.02. The number of rotatable bonds is 9. The van der Waals surface area contributed by atoms with Crippen molar-refractivity contribution in [3.63, 3.8) is 0 Å². The number of para-hydroxylation sites is 1. The van der Waals surface area contributed by atoms with Crippen LogP contribution >= 0.6 is 0 Å². The summed E-state index contributed by atoms with van der Waals surface area (Å²) in [5, 5.41) is 0. The molecule has 0 aliphatic carbocycles. The normalized spacial score (nSPS) is 15.3. The summed E-state index contributed by atoms with van der Waals surface area (Å²) in [7, 11) is 1.62. The van der Waals surface area contributed by atoms with Crippen LogP contribution in [0.5, 0.6) is 11.5 Å². The van der Waals surface area contributed by atoms with Crippen molar-refractivity contribution in [2.75, 3.05) is 13.7 Å². The number of methoxy groups -OCH3 is 1. The van der Waals surface area contributed by atoms with E-state index in [4.69, 9.17) is 18.9 Å². The lowest BCUT2D eigenvalue weighted by atomic mass is 9.97. The van der Waals surface area contributed by atoms with E-state index in [0.29, 0.717) is 18.3 Å². The summed E-state index contributed by atoms with van der Waals surface area (Å²) >= 11 is 0. The van der Waals surface area contributed by atoms with Gasteiger partial charge < -0.3 is 18.9 Å². The molecule has 3 unspecified atom stereocenters. The molecule has 0 aliphatic heterocycles. The van der Waals surface area contributed by atoms with Gasteiger partial charge in [0.2, 0.25) is 0 Å². The Balaban J connectivity index is 3.10. The predicted octanol–water partition coefficient (Wildman–Crippen LogP) is 4.33. The minimum Gasteiger partial charge on any atom is -0.461 e. The highest BCUT2D eigenvalue weighted by Crippen LogP contribution is 2.38. The molecule has 0 saturated heterocycles. The second-order valence-electron chi connectivity index (χ2n) is 5.05. The van der Waals surface area contributed by atoms with Crippen molar-refractivity contribution in [2.45, 2.75) is 59.5 Å². The summed E-state index contributed by atoms with van der Waals surface area (Å²) in [6.45, 7) is 10.6. The Morgan fingerprint density at radius 3 is 2.29 bits per heavy atom. The Hall–Kier alpha value is -1.26. The number of hydrogen-bond acceptors (Lipinski definition) is 4.